The smallest absolute Gasteiger partial charge is 0.326 e. The number of carbonyl (C=O) groups is 2. The van der Waals surface area contributed by atoms with Crippen molar-refractivity contribution < 1.29 is 14.7 Å². The van der Waals surface area contributed by atoms with E-state index in [0.717, 1.165) is 6.20 Å². The molecule has 2 aromatic heterocycles. The number of fused-ring (bicyclic) bond motifs is 1. The SMILES string of the molecule is CCC(NC(=O)c1cnc2ccccn2c1=O)C(=O)O. The molecule has 0 fully saturated rings. The van der Waals surface area contributed by atoms with Crippen molar-refractivity contribution in [2.45, 2.75) is 19.4 Å². The predicted molar refractivity (Wildman–Crippen MR) is 70.6 cm³/mol. The van der Waals surface area contributed by atoms with Crippen molar-refractivity contribution in [2.75, 3.05) is 0 Å². The Labute approximate surface area is 113 Å². The number of carbonyl (C=O) groups excluding carboxylic acids is 1. The Bertz CT molecular complexity index is 723. The van der Waals surface area contributed by atoms with Gasteiger partial charge >= 0.3 is 5.97 Å². The minimum atomic E-state index is -1.14. The molecular weight excluding hydrogens is 262 g/mol. The van der Waals surface area contributed by atoms with E-state index in [4.69, 9.17) is 5.11 Å². The molecule has 0 spiro atoms. The minimum absolute atomic E-state index is 0.187. The Morgan fingerprint density at radius 2 is 2.20 bits per heavy atom. The molecule has 0 radical (unpaired) electrons. The van der Waals surface area contributed by atoms with Gasteiger partial charge < -0.3 is 10.4 Å². The first-order valence-electron chi connectivity index (χ1n) is 6.04. The number of carboxylic acid groups (broad SMARTS) is 1. The lowest BCUT2D eigenvalue weighted by Crippen LogP contribution is -2.42. The van der Waals surface area contributed by atoms with E-state index in [1.165, 1.54) is 10.6 Å². The van der Waals surface area contributed by atoms with Gasteiger partial charge in [0, 0.05) is 12.4 Å². The molecule has 104 valence electrons. The van der Waals surface area contributed by atoms with Crippen molar-refractivity contribution in [3.8, 4) is 0 Å². The fourth-order valence-corrected chi connectivity index (χ4v) is 1.76. The number of nitrogens with one attached hydrogen (secondary N) is 1. The quantitative estimate of drug-likeness (QED) is 0.835. The Hall–Kier alpha value is -2.70. The van der Waals surface area contributed by atoms with E-state index >= 15 is 0 Å². The molecule has 7 nitrogen and oxygen atoms in total. The first-order valence-corrected chi connectivity index (χ1v) is 6.04. The van der Waals surface area contributed by atoms with E-state index in [-0.39, 0.29) is 12.0 Å². The Balaban J connectivity index is 2.38. The van der Waals surface area contributed by atoms with Crippen LogP contribution in [0, 0.1) is 0 Å². The lowest BCUT2D eigenvalue weighted by atomic mass is 10.2. The number of rotatable bonds is 4. The van der Waals surface area contributed by atoms with Crippen molar-refractivity contribution in [3.05, 3.63) is 46.5 Å². The van der Waals surface area contributed by atoms with Gasteiger partial charge in [-0.05, 0) is 18.6 Å². The highest BCUT2D eigenvalue weighted by molar-refractivity contribution is 5.96. The van der Waals surface area contributed by atoms with E-state index in [9.17, 15) is 14.4 Å². The van der Waals surface area contributed by atoms with Gasteiger partial charge in [-0.3, -0.25) is 14.0 Å². The van der Waals surface area contributed by atoms with Crippen molar-refractivity contribution in [3.63, 3.8) is 0 Å². The molecule has 2 rings (SSSR count). The molecule has 1 amide bonds. The normalized spacial score (nSPS) is 12.1. The van der Waals surface area contributed by atoms with Crippen LogP contribution in [0.4, 0.5) is 0 Å². The number of hydrogen-bond acceptors (Lipinski definition) is 4. The maximum absolute atomic E-state index is 12.1. The summed E-state index contributed by atoms with van der Waals surface area (Å²) in [7, 11) is 0. The van der Waals surface area contributed by atoms with Gasteiger partial charge in [0.1, 0.15) is 17.3 Å². The molecule has 0 aliphatic rings. The van der Waals surface area contributed by atoms with Crippen LogP contribution in [0.25, 0.3) is 5.65 Å². The van der Waals surface area contributed by atoms with E-state index in [1.807, 2.05) is 0 Å². The van der Waals surface area contributed by atoms with Crippen LogP contribution < -0.4 is 10.9 Å². The molecule has 0 saturated carbocycles. The van der Waals surface area contributed by atoms with Crippen LogP contribution in [0.1, 0.15) is 23.7 Å². The third-order valence-corrected chi connectivity index (χ3v) is 2.87. The maximum atomic E-state index is 12.1. The van der Waals surface area contributed by atoms with Gasteiger partial charge in [0.05, 0.1) is 0 Å². The van der Waals surface area contributed by atoms with Gasteiger partial charge in [-0.2, -0.15) is 0 Å². The Morgan fingerprint density at radius 3 is 2.85 bits per heavy atom. The van der Waals surface area contributed by atoms with Crippen LogP contribution in [-0.2, 0) is 4.79 Å². The maximum Gasteiger partial charge on any atom is 0.326 e. The van der Waals surface area contributed by atoms with Crippen LogP contribution in [0.3, 0.4) is 0 Å². The Kier molecular flexibility index (Phi) is 3.79. The van der Waals surface area contributed by atoms with E-state index < -0.39 is 23.5 Å². The summed E-state index contributed by atoms with van der Waals surface area (Å²) in [5.74, 6) is -1.88. The highest BCUT2D eigenvalue weighted by atomic mass is 16.4. The third kappa shape index (κ3) is 2.51. The zero-order valence-corrected chi connectivity index (χ0v) is 10.7. The van der Waals surface area contributed by atoms with Gasteiger partial charge in [0.15, 0.2) is 0 Å². The number of amides is 1. The molecule has 7 heteroatoms. The molecule has 0 saturated heterocycles. The fraction of sp³-hybridized carbons (Fsp3) is 0.231. The zero-order valence-electron chi connectivity index (χ0n) is 10.7. The largest absolute Gasteiger partial charge is 0.480 e. The van der Waals surface area contributed by atoms with Gasteiger partial charge in [0.25, 0.3) is 11.5 Å². The highest BCUT2D eigenvalue weighted by Gasteiger charge is 2.21. The van der Waals surface area contributed by atoms with Gasteiger partial charge in [-0.15, -0.1) is 0 Å². The van der Waals surface area contributed by atoms with Crippen LogP contribution in [0.5, 0.6) is 0 Å². The Morgan fingerprint density at radius 1 is 1.45 bits per heavy atom. The molecule has 1 atom stereocenters. The molecule has 2 heterocycles. The van der Waals surface area contributed by atoms with E-state index in [2.05, 4.69) is 10.3 Å². The first kappa shape index (κ1) is 13.7. The van der Waals surface area contributed by atoms with Crippen molar-refractivity contribution >= 4 is 17.5 Å². The second-order valence-electron chi connectivity index (χ2n) is 4.18. The third-order valence-electron chi connectivity index (χ3n) is 2.87. The van der Waals surface area contributed by atoms with Crippen LogP contribution >= 0.6 is 0 Å². The van der Waals surface area contributed by atoms with Crippen molar-refractivity contribution in [1.82, 2.24) is 14.7 Å². The van der Waals surface area contributed by atoms with Crippen LogP contribution in [0.15, 0.2) is 35.4 Å². The number of nitrogens with zero attached hydrogens (tertiary/aromatic N) is 2. The number of aliphatic carboxylic acids is 1. The molecular formula is C13H13N3O4. The van der Waals surface area contributed by atoms with Gasteiger partial charge in [0.2, 0.25) is 0 Å². The monoisotopic (exact) mass is 275 g/mol. The van der Waals surface area contributed by atoms with E-state index in [1.54, 1.807) is 25.1 Å². The standard InChI is InChI=1S/C13H13N3O4/c1-2-9(13(19)20)15-11(17)8-7-14-10-5-3-4-6-16(10)12(8)18/h3-7,9H,2H2,1H3,(H,15,17)(H,19,20). The highest BCUT2D eigenvalue weighted by Crippen LogP contribution is 1.99. The van der Waals surface area contributed by atoms with Crippen LogP contribution in [-0.4, -0.2) is 32.4 Å². The first-order chi connectivity index (χ1) is 9.54. The predicted octanol–water partition coefficient (Wildman–Crippen LogP) is 0.287. The second kappa shape index (κ2) is 5.52. The molecule has 2 aromatic rings. The number of carboxylic acids is 1. The summed E-state index contributed by atoms with van der Waals surface area (Å²) in [6.45, 7) is 1.63. The molecule has 0 aliphatic heterocycles. The summed E-state index contributed by atoms with van der Waals surface area (Å²) in [6.07, 6.45) is 2.88. The molecule has 0 aromatic carbocycles. The summed E-state index contributed by atoms with van der Waals surface area (Å²) in [6, 6.07) is 3.97. The summed E-state index contributed by atoms with van der Waals surface area (Å²) in [4.78, 5) is 39.0. The molecule has 0 aliphatic carbocycles. The molecule has 0 bridgehead atoms. The van der Waals surface area contributed by atoms with Gasteiger partial charge in [-0.1, -0.05) is 13.0 Å². The topological polar surface area (TPSA) is 101 Å². The molecule has 20 heavy (non-hydrogen) atoms. The lowest BCUT2D eigenvalue weighted by Gasteiger charge is -2.11. The number of pyridine rings is 1. The lowest BCUT2D eigenvalue weighted by molar-refractivity contribution is -0.139. The summed E-state index contributed by atoms with van der Waals surface area (Å²) in [5, 5.41) is 11.2. The minimum Gasteiger partial charge on any atom is -0.480 e. The second-order valence-corrected chi connectivity index (χ2v) is 4.18. The number of aromatic nitrogens is 2. The molecule has 2 N–H and O–H groups in total. The van der Waals surface area contributed by atoms with E-state index in [0.29, 0.717) is 5.65 Å². The average molecular weight is 275 g/mol. The summed E-state index contributed by atoms with van der Waals surface area (Å²) in [5.41, 5.74) is -0.305. The van der Waals surface area contributed by atoms with Crippen molar-refractivity contribution in [1.29, 1.82) is 0 Å². The number of hydrogen-bond donors (Lipinski definition) is 2. The zero-order chi connectivity index (χ0) is 14.7. The average Bonchev–Trinajstić information content (AvgIpc) is 2.44. The fourth-order valence-electron chi connectivity index (χ4n) is 1.76. The summed E-state index contributed by atoms with van der Waals surface area (Å²) < 4.78 is 1.23. The van der Waals surface area contributed by atoms with Gasteiger partial charge in [-0.25, -0.2) is 9.78 Å². The molecule has 1 unspecified atom stereocenters. The van der Waals surface area contributed by atoms with Crippen LogP contribution in [0.2, 0.25) is 0 Å². The summed E-state index contributed by atoms with van der Waals surface area (Å²) >= 11 is 0. The van der Waals surface area contributed by atoms with Crippen molar-refractivity contribution in [2.24, 2.45) is 0 Å².